The summed E-state index contributed by atoms with van der Waals surface area (Å²) in [7, 11) is 1.17. The minimum atomic E-state index is -2.91. The van der Waals surface area contributed by atoms with Gasteiger partial charge in [-0.1, -0.05) is 6.58 Å². The Balaban J connectivity index is 3.82. The molecule has 1 nitrogen and oxygen atoms in total. The minimum Gasteiger partial charge on any atom is -0.495 e. The highest BCUT2D eigenvalue weighted by Gasteiger charge is 2.26. The first-order valence-corrected chi connectivity index (χ1v) is 2.09. The molecule has 0 bridgehead atoms. The third-order valence-electron chi connectivity index (χ3n) is 0.736. The summed E-state index contributed by atoms with van der Waals surface area (Å²) in [5.41, 5.74) is 0. The summed E-state index contributed by atoms with van der Waals surface area (Å²) in [6.45, 7) is 3.71. The third kappa shape index (κ3) is 1.91. The number of halogens is 2. The Morgan fingerprint density at radius 2 is 2.00 bits per heavy atom. The average Bonchev–Trinajstić information content (AvgIpc) is 1.62. The summed E-state index contributed by atoms with van der Waals surface area (Å²) in [5, 5.41) is 0. The molecule has 0 aliphatic heterocycles. The van der Waals surface area contributed by atoms with Gasteiger partial charge >= 0.3 is 5.92 Å². The Hall–Kier alpha value is -0.600. The van der Waals surface area contributed by atoms with Gasteiger partial charge in [-0.25, -0.2) is 0 Å². The summed E-state index contributed by atoms with van der Waals surface area (Å²) in [4.78, 5) is 0. The highest BCUT2D eigenvalue weighted by molar-refractivity contribution is 4.94. The van der Waals surface area contributed by atoms with Gasteiger partial charge in [-0.05, 0) is 0 Å². The van der Waals surface area contributed by atoms with Gasteiger partial charge in [-0.2, -0.15) is 8.78 Å². The van der Waals surface area contributed by atoms with E-state index in [-0.39, 0.29) is 0 Å². The molecule has 0 radical (unpaired) electrons. The molecule has 0 aromatic rings. The molecule has 0 aromatic heterocycles. The summed E-state index contributed by atoms with van der Waals surface area (Å²) in [5.74, 6) is -3.41. The first kappa shape index (κ1) is 7.40. The van der Waals surface area contributed by atoms with E-state index < -0.39 is 11.7 Å². The molecular formula is C5H8F2O. The van der Waals surface area contributed by atoms with Crippen LogP contribution < -0.4 is 0 Å². The van der Waals surface area contributed by atoms with Gasteiger partial charge in [0.2, 0.25) is 0 Å². The third-order valence-corrected chi connectivity index (χ3v) is 0.736. The molecule has 0 aromatic carbocycles. The van der Waals surface area contributed by atoms with Gasteiger partial charge in [0.1, 0.15) is 0 Å². The van der Waals surface area contributed by atoms with Crippen LogP contribution in [0.1, 0.15) is 6.92 Å². The Kier molecular flexibility index (Phi) is 1.95. The van der Waals surface area contributed by atoms with E-state index in [2.05, 4.69) is 11.3 Å². The van der Waals surface area contributed by atoms with E-state index >= 15 is 0 Å². The maximum Gasteiger partial charge on any atom is 0.300 e. The molecular weight excluding hydrogens is 114 g/mol. The second-order valence-electron chi connectivity index (χ2n) is 1.52. The molecule has 0 atom stereocenters. The summed E-state index contributed by atoms with van der Waals surface area (Å²) >= 11 is 0. The number of methoxy groups -OCH3 is 1. The largest absolute Gasteiger partial charge is 0.495 e. The van der Waals surface area contributed by atoms with Crippen LogP contribution >= 0.6 is 0 Å². The first-order chi connectivity index (χ1) is 3.48. The van der Waals surface area contributed by atoms with Gasteiger partial charge in [0.25, 0.3) is 0 Å². The molecule has 0 unspecified atom stereocenters. The fourth-order valence-corrected chi connectivity index (χ4v) is 0.179. The van der Waals surface area contributed by atoms with E-state index in [9.17, 15) is 8.78 Å². The van der Waals surface area contributed by atoms with Crippen LogP contribution in [0.2, 0.25) is 0 Å². The van der Waals surface area contributed by atoms with Crippen LogP contribution in [0, 0.1) is 0 Å². The van der Waals surface area contributed by atoms with Crippen LogP contribution in [0.3, 0.4) is 0 Å². The molecule has 0 aliphatic carbocycles. The van der Waals surface area contributed by atoms with Crippen LogP contribution in [-0.2, 0) is 4.74 Å². The van der Waals surface area contributed by atoms with Gasteiger partial charge in [0, 0.05) is 6.92 Å². The number of rotatable bonds is 2. The normalized spacial score (nSPS) is 11.0. The van der Waals surface area contributed by atoms with Gasteiger partial charge in [0.15, 0.2) is 5.76 Å². The maximum absolute atomic E-state index is 11.9. The zero-order valence-corrected chi connectivity index (χ0v) is 4.87. The summed E-state index contributed by atoms with van der Waals surface area (Å²) in [6, 6.07) is 0. The molecule has 0 saturated carbocycles. The zero-order chi connectivity index (χ0) is 6.78. The van der Waals surface area contributed by atoms with Crippen molar-refractivity contribution in [3.63, 3.8) is 0 Å². The van der Waals surface area contributed by atoms with Crippen LogP contribution in [0.25, 0.3) is 0 Å². The predicted molar refractivity (Wildman–Crippen MR) is 26.8 cm³/mol. The Bertz CT molecular complexity index is 93.1. The van der Waals surface area contributed by atoms with Crippen LogP contribution in [0.15, 0.2) is 12.3 Å². The molecule has 0 spiro atoms. The van der Waals surface area contributed by atoms with Crippen molar-refractivity contribution in [2.24, 2.45) is 0 Å². The Morgan fingerprint density at radius 1 is 1.62 bits per heavy atom. The number of hydrogen-bond acceptors (Lipinski definition) is 1. The van der Waals surface area contributed by atoms with E-state index in [0.717, 1.165) is 6.92 Å². The number of allylic oxidation sites excluding steroid dienone is 1. The van der Waals surface area contributed by atoms with Crippen molar-refractivity contribution in [1.82, 2.24) is 0 Å². The molecule has 0 saturated heterocycles. The van der Waals surface area contributed by atoms with Gasteiger partial charge in [-0.15, -0.1) is 0 Å². The number of alkyl halides is 2. The molecule has 0 fully saturated rings. The SMILES string of the molecule is C=C(OC)C(C)(F)F. The molecule has 0 rings (SSSR count). The number of ether oxygens (including phenoxy) is 1. The Morgan fingerprint density at radius 3 is 2.00 bits per heavy atom. The van der Waals surface area contributed by atoms with Gasteiger partial charge in [0.05, 0.1) is 7.11 Å². The Labute approximate surface area is 47.0 Å². The lowest BCUT2D eigenvalue weighted by Gasteiger charge is -2.10. The van der Waals surface area contributed by atoms with Crippen LogP contribution in [-0.4, -0.2) is 13.0 Å². The van der Waals surface area contributed by atoms with Crippen molar-refractivity contribution in [3.8, 4) is 0 Å². The van der Waals surface area contributed by atoms with Crippen LogP contribution in [0.5, 0.6) is 0 Å². The van der Waals surface area contributed by atoms with Crippen LogP contribution in [0.4, 0.5) is 8.78 Å². The quantitative estimate of drug-likeness (QED) is 0.507. The van der Waals surface area contributed by atoms with E-state index in [1.54, 1.807) is 0 Å². The van der Waals surface area contributed by atoms with E-state index in [0.29, 0.717) is 0 Å². The van der Waals surface area contributed by atoms with E-state index in [4.69, 9.17) is 0 Å². The minimum absolute atomic E-state index is 0.502. The smallest absolute Gasteiger partial charge is 0.300 e. The highest BCUT2D eigenvalue weighted by atomic mass is 19.3. The highest BCUT2D eigenvalue weighted by Crippen LogP contribution is 2.20. The number of hydrogen-bond donors (Lipinski definition) is 0. The van der Waals surface area contributed by atoms with Crippen molar-refractivity contribution in [1.29, 1.82) is 0 Å². The van der Waals surface area contributed by atoms with Gasteiger partial charge < -0.3 is 4.74 Å². The van der Waals surface area contributed by atoms with Crippen molar-refractivity contribution < 1.29 is 13.5 Å². The topological polar surface area (TPSA) is 9.23 Å². The second kappa shape index (κ2) is 2.11. The second-order valence-corrected chi connectivity index (χ2v) is 1.52. The first-order valence-electron chi connectivity index (χ1n) is 2.09. The predicted octanol–water partition coefficient (Wildman–Crippen LogP) is 1.80. The average molecular weight is 122 g/mol. The monoisotopic (exact) mass is 122 g/mol. The summed E-state index contributed by atoms with van der Waals surface area (Å²) < 4.78 is 28.0. The molecule has 0 N–H and O–H groups in total. The molecule has 0 amide bonds. The van der Waals surface area contributed by atoms with Crippen molar-refractivity contribution in [2.45, 2.75) is 12.8 Å². The lowest BCUT2D eigenvalue weighted by atomic mass is 10.3. The zero-order valence-electron chi connectivity index (χ0n) is 4.87. The lowest BCUT2D eigenvalue weighted by molar-refractivity contribution is 0.00745. The fraction of sp³-hybridized carbons (Fsp3) is 0.600. The van der Waals surface area contributed by atoms with Crippen molar-refractivity contribution in [3.05, 3.63) is 12.3 Å². The van der Waals surface area contributed by atoms with Crippen molar-refractivity contribution >= 4 is 0 Å². The molecule has 8 heavy (non-hydrogen) atoms. The summed E-state index contributed by atoms with van der Waals surface area (Å²) in [6.07, 6.45) is 0. The fourth-order valence-electron chi connectivity index (χ4n) is 0.179. The lowest BCUT2D eigenvalue weighted by Crippen LogP contribution is -2.13. The maximum atomic E-state index is 11.9. The van der Waals surface area contributed by atoms with E-state index in [1.165, 1.54) is 7.11 Å². The standard InChI is InChI=1S/C5H8F2O/c1-4(8-3)5(2,6)7/h1H2,2-3H3. The molecule has 3 heteroatoms. The molecule has 48 valence electrons. The van der Waals surface area contributed by atoms with Crippen molar-refractivity contribution in [2.75, 3.05) is 7.11 Å². The van der Waals surface area contributed by atoms with E-state index in [1.807, 2.05) is 0 Å². The molecule has 0 heterocycles. The van der Waals surface area contributed by atoms with Gasteiger partial charge in [-0.3, -0.25) is 0 Å². The molecule has 0 aliphatic rings.